The highest BCUT2D eigenvalue weighted by molar-refractivity contribution is 14.0. The molecular weight excluding hydrogens is 451 g/mol. The van der Waals surface area contributed by atoms with Gasteiger partial charge in [0.05, 0.1) is 13.1 Å². The first-order valence-electron chi connectivity index (χ1n) is 7.64. The molecule has 136 valence electrons. The molecule has 0 aliphatic rings. The monoisotopic (exact) mass is 474 g/mol. The average Bonchev–Trinajstić information content (AvgIpc) is 3.07. The van der Waals surface area contributed by atoms with E-state index in [0.29, 0.717) is 18.9 Å². The molecule has 0 aliphatic heterocycles. The number of benzene rings is 1. The number of carbonyl (C=O) groups is 1. The number of thiophene rings is 1. The Morgan fingerprint density at radius 1 is 1.24 bits per heavy atom. The SMILES string of the molecule is CN=C(NCCOc1cccc(NC(C)=O)c1)NCc1cccs1.I. The molecule has 0 bridgehead atoms. The molecule has 0 saturated carbocycles. The van der Waals surface area contributed by atoms with Crippen molar-refractivity contribution in [2.24, 2.45) is 4.99 Å². The number of anilines is 1. The number of rotatable bonds is 7. The first kappa shape index (κ1) is 21.2. The van der Waals surface area contributed by atoms with Crippen molar-refractivity contribution in [2.75, 3.05) is 25.5 Å². The van der Waals surface area contributed by atoms with E-state index in [2.05, 4.69) is 32.4 Å². The Morgan fingerprint density at radius 3 is 2.76 bits per heavy atom. The van der Waals surface area contributed by atoms with Crippen LogP contribution in [0.5, 0.6) is 5.75 Å². The van der Waals surface area contributed by atoms with E-state index in [9.17, 15) is 4.79 Å². The largest absolute Gasteiger partial charge is 0.492 e. The van der Waals surface area contributed by atoms with Gasteiger partial charge in [-0.05, 0) is 23.6 Å². The summed E-state index contributed by atoms with van der Waals surface area (Å²) >= 11 is 1.71. The molecule has 6 nitrogen and oxygen atoms in total. The Morgan fingerprint density at radius 2 is 2.08 bits per heavy atom. The van der Waals surface area contributed by atoms with Gasteiger partial charge in [-0.25, -0.2) is 0 Å². The van der Waals surface area contributed by atoms with E-state index in [0.717, 1.165) is 18.2 Å². The van der Waals surface area contributed by atoms with Crippen LogP contribution < -0.4 is 20.7 Å². The number of ether oxygens (including phenoxy) is 1. The van der Waals surface area contributed by atoms with Gasteiger partial charge in [0.2, 0.25) is 5.91 Å². The zero-order valence-electron chi connectivity index (χ0n) is 14.2. The Kier molecular flexibility index (Phi) is 9.93. The van der Waals surface area contributed by atoms with Gasteiger partial charge >= 0.3 is 0 Å². The lowest BCUT2D eigenvalue weighted by atomic mass is 10.3. The number of nitrogens with zero attached hydrogens (tertiary/aromatic N) is 1. The summed E-state index contributed by atoms with van der Waals surface area (Å²) in [5.74, 6) is 1.35. The fraction of sp³-hybridized carbons (Fsp3) is 0.294. The molecule has 2 rings (SSSR count). The van der Waals surface area contributed by atoms with E-state index >= 15 is 0 Å². The van der Waals surface area contributed by atoms with Crippen molar-refractivity contribution >= 4 is 52.9 Å². The highest BCUT2D eigenvalue weighted by Crippen LogP contribution is 2.17. The first-order chi connectivity index (χ1) is 11.7. The molecule has 8 heteroatoms. The third-order valence-electron chi connectivity index (χ3n) is 3.05. The Balaban J connectivity index is 0.00000312. The van der Waals surface area contributed by atoms with Gasteiger partial charge in [0.1, 0.15) is 12.4 Å². The van der Waals surface area contributed by atoms with Crippen LogP contribution in [0, 0.1) is 0 Å². The zero-order chi connectivity index (χ0) is 17.2. The zero-order valence-corrected chi connectivity index (χ0v) is 17.4. The van der Waals surface area contributed by atoms with Crippen molar-refractivity contribution in [1.82, 2.24) is 10.6 Å². The minimum Gasteiger partial charge on any atom is -0.492 e. The second-order valence-electron chi connectivity index (χ2n) is 4.99. The molecule has 0 atom stereocenters. The molecule has 0 fully saturated rings. The summed E-state index contributed by atoms with van der Waals surface area (Å²) in [6.45, 7) is 3.33. The summed E-state index contributed by atoms with van der Waals surface area (Å²) in [6, 6.07) is 11.4. The number of halogens is 1. The molecule has 1 amide bonds. The molecule has 1 heterocycles. The van der Waals surface area contributed by atoms with Gasteiger partial charge in [0, 0.05) is 30.6 Å². The van der Waals surface area contributed by atoms with Crippen LogP contribution in [0.2, 0.25) is 0 Å². The van der Waals surface area contributed by atoms with E-state index in [1.54, 1.807) is 24.5 Å². The van der Waals surface area contributed by atoms with Gasteiger partial charge in [0.25, 0.3) is 0 Å². The van der Waals surface area contributed by atoms with E-state index in [-0.39, 0.29) is 29.9 Å². The number of nitrogens with one attached hydrogen (secondary N) is 3. The summed E-state index contributed by atoms with van der Waals surface area (Å²) in [6.07, 6.45) is 0. The van der Waals surface area contributed by atoms with Gasteiger partial charge in [-0.2, -0.15) is 0 Å². The fourth-order valence-electron chi connectivity index (χ4n) is 2.01. The normalized spacial score (nSPS) is 10.6. The Labute approximate surface area is 169 Å². The van der Waals surface area contributed by atoms with Crippen molar-refractivity contribution in [3.05, 3.63) is 46.7 Å². The van der Waals surface area contributed by atoms with Crippen molar-refractivity contribution in [3.8, 4) is 5.75 Å². The topological polar surface area (TPSA) is 74.8 Å². The second-order valence-corrected chi connectivity index (χ2v) is 6.02. The molecular formula is C17H23IN4O2S. The predicted octanol–water partition coefficient (Wildman–Crippen LogP) is 3.07. The van der Waals surface area contributed by atoms with Crippen LogP contribution in [0.15, 0.2) is 46.8 Å². The van der Waals surface area contributed by atoms with Gasteiger partial charge in [0.15, 0.2) is 5.96 Å². The second kappa shape index (κ2) is 11.7. The maximum absolute atomic E-state index is 11.1. The molecule has 0 radical (unpaired) electrons. The van der Waals surface area contributed by atoms with Gasteiger partial charge < -0.3 is 20.7 Å². The molecule has 3 N–H and O–H groups in total. The highest BCUT2D eigenvalue weighted by atomic mass is 127. The summed E-state index contributed by atoms with van der Waals surface area (Å²) in [7, 11) is 1.74. The van der Waals surface area contributed by atoms with Crippen molar-refractivity contribution in [2.45, 2.75) is 13.5 Å². The maximum atomic E-state index is 11.1. The van der Waals surface area contributed by atoms with Crippen LogP contribution in [0.25, 0.3) is 0 Å². The standard InChI is InChI=1S/C17H22N4O2S.HI/c1-13(22)21-14-5-3-6-15(11-14)23-9-8-19-17(18-2)20-12-16-7-4-10-24-16;/h3-7,10-11H,8-9,12H2,1-2H3,(H,21,22)(H2,18,19,20);1H. The quantitative estimate of drug-likeness (QED) is 0.250. The third-order valence-corrected chi connectivity index (χ3v) is 3.93. The van der Waals surface area contributed by atoms with Crippen LogP contribution in [-0.2, 0) is 11.3 Å². The number of carbonyl (C=O) groups excluding carboxylic acids is 1. The molecule has 25 heavy (non-hydrogen) atoms. The summed E-state index contributed by atoms with van der Waals surface area (Å²) in [4.78, 5) is 16.5. The lowest BCUT2D eigenvalue weighted by Crippen LogP contribution is -2.38. The molecule has 1 aromatic carbocycles. The maximum Gasteiger partial charge on any atom is 0.221 e. The predicted molar refractivity (Wildman–Crippen MR) is 114 cm³/mol. The molecule has 2 aromatic rings. The van der Waals surface area contributed by atoms with Crippen LogP contribution in [0.1, 0.15) is 11.8 Å². The minimum absolute atomic E-state index is 0. The number of hydrogen-bond donors (Lipinski definition) is 3. The van der Waals surface area contributed by atoms with Gasteiger partial charge in [-0.3, -0.25) is 9.79 Å². The van der Waals surface area contributed by atoms with Gasteiger partial charge in [-0.15, -0.1) is 35.3 Å². The molecule has 1 aromatic heterocycles. The molecule has 0 aliphatic carbocycles. The van der Waals surface area contributed by atoms with Crippen molar-refractivity contribution < 1.29 is 9.53 Å². The average molecular weight is 474 g/mol. The fourth-order valence-corrected chi connectivity index (χ4v) is 2.65. The summed E-state index contributed by atoms with van der Waals surface area (Å²) in [5.41, 5.74) is 0.724. The van der Waals surface area contributed by atoms with E-state index in [1.165, 1.54) is 11.8 Å². The number of amides is 1. The van der Waals surface area contributed by atoms with Crippen LogP contribution in [-0.4, -0.2) is 32.1 Å². The van der Waals surface area contributed by atoms with Crippen LogP contribution in [0.4, 0.5) is 5.69 Å². The minimum atomic E-state index is -0.102. The van der Waals surface area contributed by atoms with Crippen LogP contribution >= 0.6 is 35.3 Å². The highest BCUT2D eigenvalue weighted by Gasteiger charge is 2.01. The smallest absolute Gasteiger partial charge is 0.221 e. The number of aliphatic imine (C=N–C) groups is 1. The van der Waals surface area contributed by atoms with Crippen molar-refractivity contribution in [1.29, 1.82) is 0 Å². The number of guanidine groups is 1. The number of hydrogen-bond acceptors (Lipinski definition) is 4. The molecule has 0 unspecified atom stereocenters. The molecule has 0 saturated heterocycles. The Bertz CT molecular complexity index is 677. The van der Waals surface area contributed by atoms with E-state index < -0.39 is 0 Å². The summed E-state index contributed by atoms with van der Waals surface area (Å²) in [5, 5.41) is 11.2. The van der Waals surface area contributed by atoms with Gasteiger partial charge in [-0.1, -0.05) is 12.1 Å². The van der Waals surface area contributed by atoms with Crippen LogP contribution in [0.3, 0.4) is 0 Å². The lowest BCUT2D eigenvalue weighted by Gasteiger charge is -2.12. The van der Waals surface area contributed by atoms with Crippen molar-refractivity contribution in [3.63, 3.8) is 0 Å². The molecule has 0 spiro atoms. The lowest BCUT2D eigenvalue weighted by molar-refractivity contribution is -0.114. The van der Waals surface area contributed by atoms with E-state index in [1.807, 2.05) is 24.3 Å². The Hall–Kier alpha value is -1.81. The van der Waals surface area contributed by atoms with E-state index in [4.69, 9.17) is 4.74 Å². The third kappa shape index (κ3) is 8.21. The first-order valence-corrected chi connectivity index (χ1v) is 8.52. The summed E-state index contributed by atoms with van der Waals surface area (Å²) < 4.78 is 5.68.